The number of hydrogen-bond acceptors (Lipinski definition) is 4. The molecule has 1 rings (SSSR count). The van der Waals surface area contributed by atoms with Gasteiger partial charge in [0.2, 0.25) is 10.0 Å². The number of aliphatic carboxylic acids is 1. The molecule has 100 valence electrons. The lowest BCUT2D eigenvalue weighted by Crippen LogP contribution is -2.50. The number of rotatable bonds is 5. The lowest BCUT2D eigenvalue weighted by molar-refractivity contribution is -0.309. The van der Waals surface area contributed by atoms with Crippen LogP contribution in [-0.2, 0) is 14.8 Å². The number of hydrogen-bond donors (Lipinski definition) is 1. The van der Waals surface area contributed by atoms with E-state index in [1.807, 2.05) is 0 Å². The van der Waals surface area contributed by atoms with Crippen LogP contribution >= 0.6 is 22.6 Å². The molecule has 1 atom stereocenters. The number of benzene rings is 1. The molecule has 0 amide bonds. The fourth-order valence-electron chi connectivity index (χ4n) is 1.31. The third-order valence-corrected chi connectivity index (χ3v) is 4.50. The molecule has 0 saturated heterocycles. The Balaban J connectivity index is 3.01. The van der Waals surface area contributed by atoms with Crippen LogP contribution in [0.3, 0.4) is 0 Å². The first-order valence-corrected chi connectivity index (χ1v) is 7.79. The molecule has 7 heteroatoms. The molecular weight excluding hydrogens is 369 g/mol. The predicted molar refractivity (Wildman–Crippen MR) is 73.1 cm³/mol. The second-order valence-electron chi connectivity index (χ2n) is 4.12. The van der Waals surface area contributed by atoms with Crippen molar-refractivity contribution in [3.05, 3.63) is 27.8 Å². The third kappa shape index (κ3) is 3.92. The molecule has 1 aromatic rings. The van der Waals surface area contributed by atoms with Crippen LogP contribution in [0.4, 0.5) is 0 Å². The van der Waals surface area contributed by atoms with Gasteiger partial charge < -0.3 is 9.90 Å². The van der Waals surface area contributed by atoms with Crippen molar-refractivity contribution in [2.75, 3.05) is 0 Å². The maximum absolute atomic E-state index is 12.0. The molecule has 18 heavy (non-hydrogen) atoms. The minimum Gasteiger partial charge on any atom is -0.548 e. The highest BCUT2D eigenvalue weighted by Crippen LogP contribution is 2.13. The van der Waals surface area contributed by atoms with E-state index in [2.05, 4.69) is 27.3 Å². The van der Waals surface area contributed by atoms with Gasteiger partial charge in [-0.25, -0.2) is 13.1 Å². The Morgan fingerprint density at radius 2 is 1.78 bits per heavy atom. The highest BCUT2D eigenvalue weighted by atomic mass is 127. The minimum atomic E-state index is -3.84. The Bertz CT molecular complexity index is 524. The number of carboxylic acid groups (broad SMARTS) is 1. The Morgan fingerprint density at radius 3 is 2.17 bits per heavy atom. The number of sulfonamides is 1. The van der Waals surface area contributed by atoms with Gasteiger partial charge in [-0.2, -0.15) is 0 Å². The van der Waals surface area contributed by atoms with E-state index in [0.717, 1.165) is 3.57 Å². The van der Waals surface area contributed by atoms with Gasteiger partial charge >= 0.3 is 0 Å². The lowest BCUT2D eigenvalue weighted by atomic mass is 10.1. The first-order valence-electron chi connectivity index (χ1n) is 5.23. The van der Waals surface area contributed by atoms with E-state index < -0.39 is 28.0 Å². The van der Waals surface area contributed by atoms with Gasteiger partial charge in [0.05, 0.1) is 16.9 Å². The van der Waals surface area contributed by atoms with Gasteiger partial charge in [-0.3, -0.25) is 0 Å². The van der Waals surface area contributed by atoms with Crippen molar-refractivity contribution >= 4 is 38.6 Å². The minimum absolute atomic E-state index is 0.0369. The van der Waals surface area contributed by atoms with Gasteiger partial charge in [0.1, 0.15) is 0 Å². The zero-order valence-corrected chi connectivity index (χ0v) is 12.9. The van der Waals surface area contributed by atoms with Crippen LogP contribution in [0.1, 0.15) is 13.8 Å². The maximum Gasteiger partial charge on any atom is 0.241 e. The van der Waals surface area contributed by atoms with E-state index in [4.69, 9.17) is 0 Å². The number of halogens is 1. The van der Waals surface area contributed by atoms with Crippen LogP contribution in [0.2, 0.25) is 0 Å². The van der Waals surface area contributed by atoms with Crippen molar-refractivity contribution in [1.82, 2.24) is 4.72 Å². The average molecular weight is 382 g/mol. The van der Waals surface area contributed by atoms with E-state index in [-0.39, 0.29) is 4.90 Å². The Labute approximate surface area is 120 Å². The standard InChI is InChI=1S/C11H14INO4S/c1-7(2)10(11(14)15)13-18(16,17)9-5-3-8(12)4-6-9/h3-7,10,13H,1-2H3,(H,14,15)/p-1/t10-/m0/s1. The van der Waals surface area contributed by atoms with E-state index in [9.17, 15) is 18.3 Å². The lowest BCUT2D eigenvalue weighted by Gasteiger charge is -2.23. The van der Waals surface area contributed by atoms with Crippen molar-refractivity contribution < 1.29 is 18.3 Å². The molecule has 0 bridgehead atoms. The first kappa shape index (κ1) is 15.4. The molecule has 0 unspecified atom stereocenters. The fourth-order valence-corrected chi connectivity index (χ4v) is 3.00. The monoisotopic (exact) mass is 382 g/mol. The molecule has 0 aromatic heterocycles. The molecule has 0 saturated carbocycles. The van der Waals surface area contributed by atoms with Crippen LogP contribution < -0.4 is 9.83 Å². The van der Waals surface area contributed by atoms with Gasteiger partial charge in [0, 0.05) is 3.57 Å². The summed E-state index contributed by atoms with van der Waals surface area (Å²) < 4.78 is 26.9. The van der Waals surface area contributed by atoms with Gasteiger partial charge in [-0.1, -0.05) is 13.8 Å². The smallest absolute Gasteiger partial charge is 0.241 e. The molecule has 0 radical (unpaired) electrons. The summed E-state index contributed by atoms with van der Waals surface area (Å²) in [6.07, 6.45) is 0. The molecule has 1 aromatic carbocycles. The van der Waals surface area contributed by atoms with Crippen LogP contribution in [0.15, 0.2) is 29.2 Å². The van der Waals surface area contributed by atoms with E-state index in [1.54, 1.807) is 26.0 Å². The van der Waals surface area contributed by atoms with Gasteiger partial charge in [-0.05, 0) is 52.8 Å². The van der Waals surface area contributed by atoms with E-state index in [0.29, 0.717) is 0 Å². The van der Waals surface area contributed by atoms with Gasteiger partial charge in [-0.15, -0.1) is 0 Å². The summed E-state index contributed by atoms with van der Waals surface area (Å²) in [7, 11) is -3.84. The van der Waals surface area contributed by atoms with Crippen molar-refractivity contribution in [2.45, 2.75) is 24.8 Å². The normalized spacial score (nSPS) is 13.6. The molecule has 0 heterocycles. The summed E-state index contributed by atoms with van der Waals surface area (Å²) in [6, 6.07) is 4.89. The topological polar surface area (TPSA) is 86.3 Å². The zero-order valence-electron chi connectivity index (χ0n) is 9.88. The molecule has 1 N–H and O–H groups in total. The van der Waals surface area contributed by atoms with E-state index in [1.165, 1.54) is 12.1 Å². The SMILES string of the molecule is CC(C)[C@H](NS(=O)(=O)c1ccc(I)cc1)C(=O)[O-]. The first-order chi connectivity index (χ1) is 8.24. The van der Waals surface area contributed by atoms with Crippen molar-refractivity contribution in [2.24, 2.45) is 5.92 Å². The summed E-state index contributed by atoms with van der Waals surface area (Å²) >= 11 is 2.05. The Kier molecular flexibility index (Phi) is 5.11. The Morgan fingerprint density at radius 1 is 1.28 bits per heavy atom. The molecule has 0 aliphatic heterocycles. The van der Waals surface area contributed by atoms with E-state index >= 15 is 0 Å². The molecular formula is C11H13INO4S-. The second kappa shape index (κ2) is 5.98. The second-order valence-corrected chi connectivity index (χ2v) is 7.08. The zero-order chi connectivity index (χ0) is 13.9. The van der Waals surface area contributed by atoms with Crippen molar-refractivity contribution in [1.29, 1.82) is 0 Å². The molecule has 0 aliphatic carbocycles. The number of carbonyl (C=O) groups is 1. The number of nitrogens with one attached hydrogen (secondary N) is 1. The molecule has 5 nitrogen and oxygen atoms in total. The molecule has 0 spiro atoms. The van der Waals surface area contributed by atoms with Crippen LogP contribution in [0.5, 0.6) is 0 Å². The summed E-state index contributed by atoms with van der Waals surface area (Å²) in [5, 5.41) is 10.9. The van der Waals surface area contributed by atoms with Crippen LogP contribution in [0.25, 0.3) is 0 Å². The average Bonchev–Trinajstić information content (AvgIpc) is 2.26. The van der Waals surface area contributed by atoms with Gasteiger partial charge in [0.15, 0.2) is 0 Å². The number of carbonyl (C=O) groups excluding carboxylic acids is 1. The fraction of sp³-hybridized carbons (Fsp3) is 0.364. The summed E-state index contributed by atoms with van der Waals surface area (Å²) in [5.74, 6) is -1.83. The van der Waals surface area contributed by atoms with Crippen molar-refractivity contribution in [3.8, 4) is 0 Å². The van der Waals surface area contributed by atoms with Crippen LogP contribution in [0, 0.1) is 9.49 Å². The summed E-state index contributed by atoms with van der Waals surface area (Å²) in [4.78, 5) is 10.9. The summed E-state index contributed by atoms with van der Waals surface area (Å²) in [5.41, 5.74) is 0. The van der Waals surface area contributed by atoms with Gasteiger partial charge in [0.25, 0.3) is 0 Å². The predicted octanol–water partition coefficient (Wildman–Crippen LogP) is 0.344. The third-order valence-electron chi connectivity index (χ3n) is 2.33. The highest BCUT2D eigenvalue weighted by Gasteiger charge is 2.23. The van der Waals surface area contributed by atoms with Crippen molar-refractivity contribution in [3.63, 3.8) is 0 Å². The van der Waals surface area contributed by atoms with Crippen LogP contribution in [-0.4, -0.2) is 20.4 Å². The maximum atomic E-state index is 12.0. The highest BCUT2D eigenvalue weighted by molar-refractivity contribution is 14.1. The quantitative estimate of drug-likeness (QED) is 0.745. The number of carboxylic acids is 1. The largest absolute Gasteiger partial charge is 0.548 e. The summed E-state index contributed by atoms with van der Waals surface area (Å²) in [6.45, 7) is 3.22. The Hall–Kier alpha value is -0.670. The molecule has 0 aliphatic rings. The molecule has 0 fully saturated rings.